The minimum absolute atomic E-state index is 0.0824. The van der Waals surface area contributed by atoms with Crippen LogP contribution in [0.5, 0.6) is 0 Å². The fraction of sp³-hybridized carbons (Fsp3) is 0.833. The van der Waals surface area contributed by atoms with Crippen molar-refractivity contribution in [3.63, 3.8) is 0 Å². The van der Waals surface area contributed by atoms with Gasteiger partial charge in [-0.2, -0.15) is 0 Å². The summed E-state index contributed by atoms with van der Waals surface area (Å²) in [7, 11) is 1.38. The molecule has 0 aromatic heterocycles. The van der Waals surface area contributed by atoms with Crippen molar-refractivity contribution in [2.24, 2.45) is 0 Å². The number of carbonyl (C=O) groups excluding carboxylic acids is 2. The van der Waals surface area contributed by atoms with E-state index in [0.717, 1.165) is 19.3 Å². The summed E-state index contributed by atoms with van der Waals surface area (Å²) >= 11 is 0. The van der Waals surface area contributed by atoms with E-state index in [1.165, 1.54) is 7.11 Å². The molecule has 1 aliphatic heterocycles. The molecule has 1 aliphatic rings. The average Bonchev–Trinajstić information content (AvgIpc) is 2.67. The Labute approximate surface area is 96.9 Å². The highest BCUT2D eigenvalue weighted by atomic mass is 16.5. The normalized spacial score (nSPS) is 22.3. The van der Waals surface area contributed by atoms with Crippen molar-refractivity contribution < 1.29 is 14.3 Å². The first kappa shape index (κ1) is 13.0. The lowest BCUT2D eigenvalue weighted by Crippen LogP contribution is -2.44. The molecule has 0 radical (unpaired) electrons. The van der Waals surface area contributed by atoms with Crippen molar-refractivity contribution in [1.29, 1.82) is 0 Å². The molecule has 92 valence electrons. The second kappa shape index (κ2) is 5.87. The number of ether oxygens (including phenoxy) is 1. The van der Waals surface area contributed by atoms with E-state index in [1.54, 1.807) is 4.90 Å². The Balaban J connectivity index is 2.65. The number of hydrogen-bond donors (Lipinski definition) is 0. The quantitative estimate of drug-likeness (QED) is 0.672. The van der Waals surface area contributed by atoms with E-state index >= 15 is 0 Å². The predicted octanol–water partition coefficient (Wildman–Crippen LogP) is 1.73. The number of nitrogens with zero attached hydrogens (tertiary/aromatic N) is 1. The maximum Gasteiger partial charge on any atom is 0.328 e. The summed E-state index contributed by atoms with van der Waals surface area (Å²) in [5.74, 6) is -0.201. The molecule has 0 N–H and O–H groups in total. The summed E-state index contributed by atoms with van der Waals surface area (Å²) in [6, 6.07) is -0.219. The van der Waals surface area contributed by atoms with Crippen LogP contribution in [0.15, 0.2) is 0 Å². The zero-order valence-electron chi connectivity index (χ0n) is 10.4. The number of methoxy groups -OCH3 is 1. The van der Waals surface area contributed by atoms with E-state index in [1.807, 2.05) is 6.92 Å². The van der Waals surface area contributed by atoms with E-state index in [9.17, 15) is 9.59 Å². The van der Waals surface area contributed by atoms with Crippen molar-refractivity contribution in [1.82, 2.24) is 4.90 Å². The van der Waals surface area contributed by atoms with Gasteiger partial charge in [0, 0.05) is 12.5 Å². The van der Waals surface area contributed by atoms with Crippen LogP contribution in [0.3, 0.4) is 0 Å². The van der Waals surface area contributed by atoms with E-state index in [0.29, 0.717) is 12.8 Å². The lowest BCUT2D eigenvalue weighted by Gasteiger charge is -2.29. The van der Waals surface area contributed by atoms with E-state index in [-0.39, 0.29) is 24.0 Å². The number of rotatable bonds is 5. The molecule has 1 amide bonds. The van der Waals surface area contributed by atoms with Crippen LogP contribution in [0.4, 0.5) is 0 Å². The van der Waals surface area contributed by atoms with E-state index in [2.05, 4.69) is 6.92 Å². The van der Waals surface area contributed by atoms with Crippen LogP contribution in [-0.2, 0) is 14.3 Å². The SMILES string of the molecule is CCCCC(C)N1C(=O)CCC1C(=O)OC. The van der Waals surface area contributed by atoms with Gasteiger partial charge in [-0.25, -0.2) is 4.79 Å². The van der Waals surface area contributed by atoms with Crippen LogP contribution in [0.1, 0.15) is 46.0 Å². The fourth-order valence-corrected chi connectivity index (χ4v) is 2.26. The largest absolute Gasteiger partial charge is 0.467 e. The summed E-state index contributed by atoms with van der Waals surface area (Å²) in [5, 5.41) is 0. The zero-order chi connectivity index (χ0) is 12.1. The van der Waals surface area contributed by atoms with Crippen LogP contribution < -0.4 is 0 Å². The average molecular weight is 227 g/mol. The molecule has 1 saturated heterocycles. The van der Waals surface area contributed by atoms with Gasteiger partial charge in [-0.05, 0) is 19.8 Å². The number of amides is 1. The van der Waals surface area contributed by atoms with Gasteiger partial charge in [0.15, 0.2) is 0 Å². The third-order valence-electron chi connectivity index (χ3n) is 3.18. The van der Waals surface area contributed by atoms with E-state index < -0.39 is 0 Å². The van der Waals surface area contributed by atoms with Crippen molar-refractivity contribution >= 4 is 11.9 Å². The maximum atomic E-state index is 11.7. The van der Waals surface area contributed by atoms with Crippen LogP contribution in [0.25, 0.3) is 0 Å². The van der Waals surface area contributed by atoms with Gasteiger partial charge >= 0.3 is 5.97 Å². The van der Waals surface area contributed by atoms with Crippen molar-refractivity contribution in [2.45, 2.75) is 58.0 Å². The third-order valence-corrected chi connectivity index (χ3v) is 3.18. The lowest BCUT2D eigenvalue weighted by atomic mass is 10.1. The van der Waals surface area contributed by atoms with Gasteiger partial charge in [-0.1, -0.05) is 19.8 Å². The van der Waals surface area contributed by atoms with Crippen molar-refractivity contribution in [3.8, 4) is 0 Å². The molecule has 1 rings (SSSR count). The molecule has 0 aliphatic carbocycles. The Bertz CT molecular complexity index is 265. The van der Waals surface area contributed by atoms with Gasteiger partial charge in [0.2, 0.25) is 5.91 Å². The van der Waals surface area contributed by atoms with Gasteiger partial charge in [-0.3, -0.25) is 4.79 Å². The highest BCUT2D eigenvalue weighted by Gasteiger charge is 2.39. The summed E-state index contributed by atoms with van der Waals surface area (Å²) in [6.45, 7) is 4.13. The summed E-state index contributed by atoms with van der Waals surface area (Å²) in [6.07, 6.45) is 4.21. The number of likely N-dealkylation sites (tertiary alicyclic amines) is 1. The van der Waals surface area contributed by atoms with Crippen molar-refractivity contribution in [3.05, 3.63) is 0 Å². The standard InChI is InChI=1S/C12H21NO3/c1-4-5-6-9(2)13-10(12(15)16-3)7-8-11(13)14/h9-10H,4-8H2,1-3H3. The fourth-order valence-electron chi connectivity index (χ4n) is 2.26. The van der Waals surface area contributed by atoms with E-state index in [4.69, 9.17) is 4.74 Å². The van der Waals surface area contributed by atoms with Crippen LogP contribution in [-0.4, -0.2) is 36.0 Å². The Morgan fingerprint density at radius 1 is 1.62 bits per heavy atom. The molecule has 16 heavy (non-hydrogen) atoms. The third kappa shape index (κ3) is 2.74. The highest BCUT2D eigenvalue weighted by Crippen LogP contribution is 2.24. The first-order chi connectivity index (χ1) is 7.61. The molecule has 1 heterocycles. The molecule has 0 aromatic rings. The number of unbranched alkanes of at least 4 members (excludes halogenated alkanes) is 1. The summed E-state index contributed by atoms with van der Waals surface area (Å²) < 4.78 is 4.73. The molecule has 0 saturated carbocycles. The van der Waals surface area contributed by atoms with Gasteiger partial charge in [0.05, 0.1) is 7.11 Å². The Morgan fingerprint density at radius 3 is 2.88 bits per heavy atom. The molecule has 2 atom stereocenters. The lowest BCUT2D eigenvalue weighted by molar-refractivity contribution is -0.150. The van der Waals surface area contributed by atoms with Gasteiger partial charge < -0.3 is 9.64 Å². The van der Waals surface area contributed by atoms with Crippen LogP contribution >= 0.6 is 0 Å². The highest BCUT2D eigenvalue weighted by molar-refractivity contribution is 5.88. The number of esters is 1. The monoisotopic (exact) mass is 227 g/mol. The number of carbonyl (C=O) groups is 2. The zero-order valence-corrected chi connectivity index (χ0v) is 10.4. The molecule has 4 nitrogen and oxygen atoms in total. The minimum Gasteiger partial charge on any atom is -0.467 e. The summed E-state index contributed by atoms with van der Waals surface area (Å²) in [4.78, 5) is 25.0. The molecule has 0 bridgehead atoms. The number of hydrogen-bond acceptors (Lipinski definition) is 3. The summed E-state index contributed by atoms with van der Waals surface area (Å²) in [5.41, 5.74) is 0. The Kier molecular flexibility index (Phi) is 4.77. The Morgan fingerprint density at radius 2 is 2.31 bits per heavy atom. The van der Waals surface area contributed by atoms with Crippen LogP contribution in [0.2, 0.25) is 0 Å². The molecule has 4 heteroatoms. The molecule has 2 unspecified atom stereocenters. The van der Waals surface area contributed by atoms with Gasteiger partial charge in [0.1, 0.15) is 6.04 Å². The molecule has 0 aromatic carbocycles. The molecular formula is C12H21NO3. The first-order valence-electron chi connectivity index (χ1n) is 6.00. The molecular weight excluding hydrogens is 206 g/mol. The maximum absolute atomic E-state index is 11.7. The molecule has 0 spiro atoms. The predicted molar refractivity (Wildman–Crippen MR) is 60.9 cm³/mol. The van der Waals surface area contributed by atoms with Crippen molar-refractivity contribution in [2.75, 3.05) is 7.11 Å². The first-order valence-corrected chi connectivity index (χ1v) is 6.00. The van der Waals surface area contributed by atoms with Gasteiger partial charge in [-0.15, -0.1) is 0 Å². The van der Waals surface area contributed by atoms with Gasteiger partial charge in [0.25, 0.3) is 0 Å². The minimum atomic E-state index is -0.357. The smallest absolute Gasteiger partial charge is 0.328 e. The second-order valence-electron chi connectivity index (χ2n) is 4.37. The topological polar surface area (TPSA) is 46.6 Å². The Hall–Kier alpha value is -1.06. The van der Waals surface area contributed by atoms with Crippen LogP contribution in [0, 0.1) is 0 Å². The second-order valence-corrected chi connectivity index (χ2v) is 4.37. The molecule has 1 fully saturated rings.